The van der Waals surface area contributed by atoms with Gasteiger partial charge in [-0.05, 0) is 122 Å². The van der Waals surface area contributed by atoms with Crippen molar-refractivity contribution in [3.63, 3.8) is 0 Å². The summed E-state index contributed by atoms with van der Waals surface area (Å²) in [5.41, 5.74) is 1.87. The number of fused-ring (bicyclic) bond motifs is 3. The molecule has 2 heterocycles. The standard InChI is InChI=1S/C62H80F6N8O8/c1-11-34(2)51(78)74-50(59(7,8)9)55(82)75-32-39-28-40(27-26-38(39)29-47(75)52(79)72-45-24-16-20-36-18-12-14-22-42(36)45)70-56(83)60(63,64)62(67,68)61(65,66)57(84)71-41-30-48(53(80)73-46-25-17-21-37-19-13-15-23-43(37)46)76(33-41)54(81)44(58(4,5)6)31-49(77)35(3)69-10/h12-15,18-19,22-23,26-28,34-35,41,44-48,50,69H,11,16-17,20-21,24-25,29-33H2,1-10H3,(H,70,83)(H,71,84)(H,72,79)(H,73,80)(H,74,78)/t34-,35+,41+,44-,45?,46?,47+,48+,50-/m1/s1. The zero-order valence-corrected chi connectivity index (χ0v) is 49.5. The molecular formula is C62H80F6N8O8. The lowest BCUT2D eigenvalue weighted by molar-refractivity contribution is -0.285. The van der Waals surface area contributed by atoms with Crippen LogP contribution >= 0.6 is 0 Å². The van der Waals surface area contributed by atoms with Crippen molar-refractivity contribution >= 4 is 52.8 Å². The van der Waals surface area contributed by atoms with Gasteiger partial charge in [0, 0.05) is 49.5 Å². The van der Waals surface area contributed by atoms with Crippen LogP contribution in [-0.2, 0) is 64.2 Å². The van der Waals surface area contributed by atoms with Crippen LogP contribution < -0.4 is 31.9 Å². The van der Waals surface area contributed by atoms with Crippen molar-refractivity contribution < 1.29 is 64.7 Å². The number of anilines is 1. The van der Waals surface area contributed by atoms with E-state index in [2.05, 4.69) is 21.3 Å². The summed E-state index contributed by atoms with van der Waals surface area (Å²) >= 11 is 0. The first-order valence-corrected chi connectivity index (χ1v) is 29.0. The number of nitrogens with one attached hydrogen (secondary N) is 6. The zero-order chi connectivity index (χ0) is 62.0. The summed E-state index contributed by atoms with van der Waals surface area (Å²) in [6.45, 7) is 14.1. The molecule has 0 radical (unpaired) electrons. The molecule has 3 aromatic rings. The van der Waals surface area contributed by atoms with E-state index in [0.29, 0.717) is 31.2 Å². The number of hydrogen-bond acceptors (Lipinski definition) is 9. The van der Waals surface area contributed by atoms with Crippen LogP contribution in [0.1, 0.15) is 153 Å². The van der Waals surface area contributed by atoms with E-state index in [-0.39, 0.29) is 24.2 Å². The second-order valence-electron chi connectivity index (χ2n) is 25.3. The van der Waals surface area contributed by atoms with Crippen LogP contribution in [0.25, 0.3) is 0 Å². The van der Waals surface area contributed by atoms with Gasteiger partial charge in [0.2, 0.25) is 29.5 Å². The molecule has 2 aliphatic heterocycles. The number of nitrogens with zero attached hydrogens (tertiary/aromatic N) is 2. The van der Waals surface area contributed by atoms with Crippen molar-refractivity contribution in [2.24, 2.45) is 22.7 Å². The Bertz CT molecular complexity index is 3000. The van der Waals surface area contributed by atoms with Crippen molar-refractivity contribution in [1.82, 2.24) is 36.4 Å². The van der Waals surface area contributed by atoms with Gasteiger partial charge in [0.1, 0.15) is 23.9 Å². The third-order valence-electron chi connectivity index (χ3n) is 17.3. The second-order valence-corrected chi connectivity index (χ2v) is 25.3. The van der Waals surface area contributed by atoms with Gasteiger partial charge in [0.05, 0.1) is 18.1 Å². The van der Waals surface area contributed by atoms with Crippen molar-refractivity contribution in [2.75, 3.05) is 18.9 Å². The Labute approximate surface area is 487 Å². The van der Waals surface area contributed by atoms with E-state index in [1.54, 1.807) is 86.1 Å². The van der Waals surface area contributed by atoms with Crippen LogP contribution in [0.4, 0.5) is 32.0 Å². The molecule has 16 nitrogen and oxygen atoms in total. The number of benzene rings is 3. The maximum absolute atomic E-state index is 16.0. The maximum Gasteiger partial charge on any atom is 0.393 e. The highest BCUT2D eigenvalue weighted by Gasteiger charge is 2.78. The fourth-order valence-corrected chi connectivity index (χ4v) is 11.7. The van der Waals surface area contributed by atoms with E-state index >= 15 is 26.3 Å². The first-order valence-electron chi connectivity index (χ1n) is 29.0. The van der Waals surface area contributed by atoms with Gasteiger partial charge in [-0.1, -0.05) is 110 Å². The number of halogens is 6. The highest BCUT2D eigenvalue weighted by molar-refractivity contribution is 5.99. The molecule has 458 valence electrons. The van der Waals surface area contributed by atoms with E-state index in [9.17, 15) is 38.4 Å². The minimum atomic E-state index is -6.70. The number of likely N-dealkylation sites (tertiary alicyclic amines) is 1. The monoisotopic (exact) mass is 1180 g/mol. The molecule has 84 heavy (non-hydrogen) atoms. The minimum absolute atomic E-state index is 0.151. The van der Waals surface area contributed by atoms with Crippen molar-refractivity contribution in [3.05, 3.63) is 100 Å². The Morgan fingerprint density at radius 2 is 1.19 bits per heavy atom. The largest absolute Gasteiger partial charge is 0.393 e. The zero-order valence-electron chi connectivity index (χ0n) is 49.5. The van der Waals surface area contributed by atoms with Crippen molar-refractivity contribution in [2.45, 2.75) is 193 Å². The normalized spacial score (nSPS) is 21.5. The Morgan fingerprint density at radius 1 is 0.643 bits per heavy atom. The molecule has 6 N–H and O–H groups in total. The topological polar surface area (TPSA) is 215 Å². The Hall–Kier alpha value is -6.84. The predicted octanol–water partition coefficient (Wildman–Crippen LogP) is 8.06. The van der Waals surface area contributed by atoms with Crippen LogP contribution in [0.3, 0.4) is 0 Å². The average molecular weight is 1180 g/mol. The van der Waals surface area contributed by atoms with Gasteiger partial charge in [0.15, 0.2) is 0 Å². The average Bonchev–Trinajstić information content (AvgIpc) is 1.20. The third-order valence-corrected chi connectivity index (χ3v) is 17.3. The number of amides is 7. The SMILES string of the molecule is CC[C@@H](C)C(=O)N[C@H](C(=O)N1Cc2cc(NC(=O)C(F)(F)C(F)(F)C(F)(F)C(=O)N[C@H]3C[C@@H](C(=O)NC4CCCc5ccccc54)N(C(=O)[C@@H](CC(=O)[C@H](C)NC)C(C)(C)C)C3)ccc2C[C@H]1C(=O)NC1CCCc2ccccc21)C(C)(C)C. The molecule has 7 rings (SSSR count). The van der Waals surface area contributed by atoms with Crippen molar-refractivity contribution in [3.8, 4) is 0 Å². The highest BCUT2D eigenvalue weighted by atomic mass is 19.3. The van der Waals surface area contributed by atoms with Gasteiger partial charge in [0.25, 0.3) is 5.91 Å². The van der Waals surface area contributed by atoms with Gasteiger partial charge in [-0.2, -0.15) is 26.3 Å². The summed E-state index contributed by atoms with van der Waals surface area (Å²) < 4.78 is 95.7. The molecule has 0 bridgehead atoms. The molecule has 0 spiro atoms. The first-order chi connectivity index (χ1) is 39.2. The molecule has 0 aromatic heterocycles. The van der Waals surface area contributed by atoms with Crippen molar-refractivity contribution in [1.29, 1.82) is 0 Å². The molecule has 2 unspecified atom stereocenters. The van der Waals surface area contributed by atoms with Gasteiger partial charge in [-0.15, -0.1) is 0 Å². The van der Waals surface area contributed by atoms with Gasteiger partial charge in [-0.3, -0.25) is 38.4 Å². The fourth-order valence-electron chi connectivity index (χ4n) is 11.7. The summed E-state index contributed by atoms with van der Waals surface area (Å²) in [6, 6.07) is 11.2. The van der Waals surface area contributed by atoms with E-state index in [0.717, 1.165) is 58.5 Å². The Kier molecular flexibility index (Phi) is 19.6. The van der Waals surface area contributed by atoms with E-state index in [1.165, 1.54) is 11.0 Å². The lowest BCUT2D eigenvalue weighted by Crippen LogP contribution is -2.65. The molecular weight excluding hydrogens is 1100 g/mol. The number of carbonyl (C=O) groups excluding carboxylic acids is 8. The molecule has 2 aliphatic carbocycles. The van der Waals surface area contributed by atoms with Gasteiger partial charge >= 0.3 is 23.7 Å². The number of likely N-dealkylation sites (N-methyl/N-ethyl adjacent to an activating group) is 1. The Morgan fingerprint density at radius 3 is 1.73 bits per heavy atom. The number of aryl methyl sites for hydroxylation is 2. The molecule has 3 aromatic carbocycles. The summed E-state index contributed by atoms with van der Waals surface area (Å²) in [5.74, 6) is -30.2. The first kappa shape index (κ1) is 64.7. The lowest BCUT2D eigenvalue weighted by Gasteiger charge is -2.42. The molecule has 4 aliphatic rings. The molecule has 1 saturated heterocycles. The number of rotatable bonds is 19. The highest BCUT2D eigenvalue weighted by Crippen LogP contribution is 2.47. The third kappa shape index (κ3) is 13.6. The summed E-state index contributed by atoms with van der Waals surface area (Å²) in [6.07, 6.45) is 3.47. The number of Topliss-reactive ketones (excluding diaryl/α,β-unsaturated/α-hetero) is 1. The summed E-state index contributed by atoms with van der Waals surface area (Å²) in [7, 11) is 1.54. The lowest BCUT2D eigenvalue weighted by atomic mass is 9.76. The van der Waals surface area contributed by atoms with E-state index in [1.807, 2.05) is 42.5 Å². The number of alkyl halides is 6. The Balaban J connectivity index is 1.11. The predicted molar refractivity (Wildman–Crippen MR) is 302 cm³/mol. The van der Waals surface area contributed by atoms with Gasteiger partial charge < -0.3 is 41.7 Å². The molecule has 0 saturated carbocycles. The fraction of sp³-hybridized carbons (Fsp3) is 0.581. The molecule has 7 amide bonds. The molecule has 9 atom stereocenters. The number of carbonyl (C=O) groups is 8. The van der Waals surface area contributed by atoms with Crippen LogP contribution in [0.5, 0.6) is 0 Å². The number of hydrogen-bond donors (Lipinski definition) is 6. The second kappa shape index (κ2) is 25.4. The van der Waals surface area contributed by atoms with E-state index < -0.39 is 149 Å². The summed E-state index contributed by atoms with van der Waals surface area (Å²) in [5, 5.41) is 14.9. The van der Waals surface area contributed by atoms with Crippen LogP contribution in [0, 0.1) is 22.7 Å². The maximum atomic E-state index is 16.0. The van der Waals surface area contributed by atoms with Crippen LogP contribution in [0.15, 0.2) is 66.7 Å². The van der Waals surface area contributed by atoms with Gasteiger partial charge in [-0.25, -0.2) is 0 Å². The smallest absolute Gasteiger partial charge is 0.347 e. The summed E-state index contributed by atoms with van der Waals surface area (Å²) in [4.78, 5) is 114. The quantitative estimate of drug-likeness (QED) is 0.0640. The minimum Gasteiger partial charge on any atom is -0.347 e. The van der Waals surface area contributed by atoms with E-state index in [4.69, 9.17) is 0 Å². The van der Waals surface area contributed by atoms with Crippen LogP contribution in [0.2, 0.25) is 0 Å². The molecule has 1 fully saturated rings. The molecule has 22 heteroatoms. The van der Waals surface area contributed by atoms with Crippen LogP contribution in [-0.4, -0.2) is 119 Å². The number of ketones is 1.